The number of hydrogen-bond acceptors (Lipinski definition) is 5. The lowest BCUT2D eigenvalue weighted by Gasteiger charge is -2.13. The van der Waals surface area contributed by atoms with Crippen LogP contribution in [0, 0.1) is 19.7 Å². The van der Waals surface area contributed by atoms with E-state index in [4.69, 9.17) is 15.0 Å². The van der Waals surface area contributed by atoms with Crippen LogP contribution in [-0.4, -0.2) is 34.9 Å². The van der Waals surface area contributed by atoms with Crippen molar-refractivity contribution in [3.05, 3.63) is 83.0 Å². The third-order valence-electron chi connectivity index (χ3n) is 6.86. The van der Waals surface area contributed by atoms with Crippen LogP contribution in [0.5, 0.6) is 0 Å². The zero-order valence-electron chi connectivity index (χ0n) is 20.2. The van der Waals surface area contributed by atoms with Crippen LogP contribution < -0.4 is 10.6 Å². The molecule has 8 nitrogen and oxygen atoms in total. The molecule has 0 aliphatic carbocycles. The van der Waals surface area contributed by atoms with Crippen molar-refractivity contribution < 1.29 is 23.2 Å². The Morgan fingerprint density at radius 2 is 1.86 bits per heavy atom. The standard InChI is InChI=1S/C28H23FN4O4/c1-15-25(16(2)37-31-15)18-11-22(27(30)34)26-21-13-20(32-9-10-36-28(32)35)7-8-23(21)33(24(26)12-18)14-17-3-5-19(29)6-4-17/h3-8,11-13H,9-10,14H2,1-2H3,(H2,30,34). The molecule has 1 saturated heterocycles. The molecule has 186 valence electrons. The Balaban J connectivity index is 1.67. The second kappa shape index (κ2) is 8.48. The van der Waals surface area contributed by atoms with Gasteiger partial charge >= 0.3 is 6.09 Å². The van der Waals surface area contributed by atoms with E-state index in [-0.39, 0.29) is 5.82 Å². The van der Waals surface area contributed by atoms with Crippen LogP contribution in [0.1, 0.15) is 27.4 Å². The maximum atomic E-state index is 13.6. The van der Waals surface area contributed by atoms with Crippen LogP contribution in [0.15, 0.2) is 59.1 Å². The maximum Gasteiger partial charge on any atom is 0.414 e. The van der Waals surface area contributed by atoms with E-state index in [2.05, 4.69) is 9.72 Å². The normalized spacial score (nSPS) is 13.6. The summed E-state index contributed by atoms with van der Waals surface area (Å²) in [7, 11) is 0. The highest BCUT2D eigenvalue weighted by molar-refractivity contribution is 6.19. The number of aryl methyl sites for hydroxylation is 2. The minimum atomic E-state index is -0.578. The number of rotatable bonds is 5. The fourth-order valence-corrected chi connectivity index (χ4v) is 5.18. The number of ether oxygens (including phenoxy) is 1. The highest BCUT2D eigenvalue weighted by Crippen LogP contribution is 2.39. The molecule has 0 unspecified atom stereocenters. The van der Waals surface area contributed by atoms with Gasteiger partial charge in [-0.1, -0.05) is 17.3 Å². The maximum absolute atomic E-state index is 13.6. The summed E-state index contributed by atoms with van der Waals surface area (Å²) in [5.41, 5.74) is 11.7. The summed E-state index contributed by atoms with van der Waals surface area (Å²) in [5.74, 6) is -0.265. The lowest BCUT2D eigenvalue weighted by Crippen LogP contribution is -2.23. The van der Waals surface area contributed by atoms with Gasteiger partial charge in [0.15, 0.2) is 0 Å². The number of anilines is 1. The largest absolute Gasteiger partial charge is 0.447 e. The minimum absolute atomic E-state index is 0.315. The van der Waals surface area contributed by atoms with Crippen LogP contribution in [0.4, 0.5) is 14.9 Å². The van der Waals surface area contributed by atoms with E-state index in [1.54, 1.807) is 23.1 Å². The molecule has 0 bridgehead atoms. The molecule has 1 aliphatic rings. The predicted octanol–water partition coefficient (Wildman–Crippen LogP) is 5.31. The number of nitrogens with zero attached hydrogens (tertiary/aromatic N) is 3. The molecule has 5 aromatic rings. The average molecular weight is 499 g/mol. The first-order valence-corrected chi connectivity index (χ1v) is 11.8. The average Bonchev–Trinajstić information content (AvgIpc) is 3.55. The van der Waals surface area contributed by atoms with E-state index in [1.165, 1.54) is 12.1 Å². The van der Waals surface area contributed by atoms with Gasteiger partial charge in [-0.2, -0.15) is 0 Å². The molecular weight excluding hydrogens is 475 g/mol. The summed E-state index contributed by atoms with van der Waals surface area (Å²) in [4.78, 5) is 26.6. The molecule has 0 saturated carbocycles. The molecule has 1 aliphatic heterocycles. The number of hydrogen-bond donors (Lipinski definition) is 1. The quantitative estimate of drug-likeness (QED) is 0.354. The summed E-state index contributed by atoms with van der Waals surface area (Å²) < 4.78 is 26.2. The van der Waals surface area contributed by atoms with E-state index in [9.17, 15) is 14.0 Å². The minimum Gasteiger partial charge on any atom is -0.447 e. The number of fused-ring (bicyclic) bond motifs is 3. The Labute approximate surface area is 211 Å². The molecule has 6 rings (SSSR count). The molecule has 1 fully saturated rings. The number of primary amides is 1. The number of halogens is 1. The number of carbonyl (C=O) groups excluding carboxylic acids is 2. The summed E-state index contributed by atoms with van der Waals surface area (Å²) in [5, 5.41) is 5.52. The lowest BCUT2D eigenvalue weighted by atomic mass is 9.97. The van der Waals surface area contributed by atoms with Crippen molar-refractivity contribution in [3.8, 4) is 11.1 Å². The molecule has 0 spiro atoms. The summed E-state index contributed by atoms with van der Waals surface area (Å²) in [6.45, 7) is 4.84. The van der Waals surface area contributed by atoms with Gasteiger partial charge in [-0.25, -0.2) is 9.18 Å². The Morgan fingerprint density at radius 3 is 2.51 bits per heavy atom. The molecule has 9 heteroatoms. The molecule has 2 amide bonds. The van der Waals surface area contributed by atoms with Gasteiger partial charge in [-0.15, -0.1) is 0 Å². The first-order valence-electron chi connectivity index (χ1n) is 11.8. The molecule has 3 heterocycles. The van der Waals surface area contributed by atoms with Gasteiger partial charge in [0.2, 0.25) is 5.91 Å². The van der Waals surface area contributed by atoms with Crippen molar-refractivity contribution in [2.45, 2.75) is 20.4 Å². The second-order valence-electron chi connectivity index (χ2n) is 9.16. The summed E-state index contributed by atoms with van der Waals surface area (Å²) in [6, 6.07) is 15.7. The van der Waals surface area contributed by atoms with Gasteiger partial charge in [0.1, 0.15) is 18.2 Å². The van der Waals surface area contributed by atoms with E-state index in [1.807, 2.05) is 38.1 Å². The first kappa shape index (κ1) is 22.8. The van der Waals surface area contributed by atoms with Crippen LogP contribution in [0.2, 0.25) is 0 Å². The van der Waals surface area contributed by atoms with Gasteiger partial charge < -0.3 is 19.6 Å². The molecule has 0 radical (unpaired) electrons. The zero-order valence-corrected chi connectivity index (χ0v) is 20.2. The summed E-state index contributed by atoms with van der Waals surface area (Å²) >= 11 is 0. The highest BCUT2D eigenvalue weighted by atomic mass is 19.1. The Hall–Kier alpha value is -4.66. The molecule has 37 heavy (non-hydrogen) atoms. The van der Waals surface area contributed by atoms with Crippen LogP contribution in [0.3, 0.4) is 0 Å². The van der Waals surface area contributed by atoms with Crippen LogP contribution in [0.25, 0.3) is 32.9 Å². The summed E-state index contributed by atoms with van der Waals surface area (Å²) in [6.07, 6.45) is -0.412. The lowest BCUT2D eigenvalue weighted by molar-refractivity contribution is 0.100. The van der Waals surface area contributed by atoms with Crippen LogP contribution >= 0.6 is 0 Å². The monoisotopic (exact) mass is 498 g/mol. The van der Waals surface area contributed by atoms with Crippen molar-refractivity contribution in [1.29, 1.82) is 0 Å². The SMILES string of the molecule is Cc1noc(C)c1-c1cc(C(N)=O)c2c3cc(N4CCOC4=O)ccc3n(Cc3ccc(F)cc3)c2c1. The third kappa shape index (κ3) is 3.70. The Kier molecular flexibility index (Phi) is 5.22. The predicted molar refractivity (Wildman–Crippen MR) is 137 cm³/mol. The number of amides is 2. The molecule has 2 aromatic heterocycles. The fraction of sp³-hybridized carbons (Fsp3) is 0.179. The highest BCUT2D eigenvalue weighted by Gasteiger charge is 2.26. The number of cyclic esters (lactones) is 1. The number of carbonyl (C=O) groups is 2. The smallest absolute Gasteiger partial charge is 0.414 e. The number of aromatic nitrogens is 2. The number of benzene rings is 3. The van der Waals surface area contributed by atoms with Gasteiger partial charge in [0.25, 0.3) is 0 Å². The van der Waals surface area contributed by atoms with Gasteiger partial charge in [0.05, 0.1) is 17.8 Å². The van der Waals surface area contributed by atoms with Gasteiger partial charge in [-0.05, 0) is 67.4 Å². The number of nitrogens with two attached hydrogens (primary N) is 1. The third-order valence-corrected chi connectivity index (χ3v) is 6.86. The Bertz CT molecular complexity index is 1700. The van der Waals surface area contributed by atoms with Gasteiger partial charge in [-0.3, -0.25) is 9.69 Å². The van der Waals surface area contributed by atoms with E-state index < -0.39 is 12.0 Å². The molecule has 3 aromatic carbocycles. The zero-order chi connectivity index (χ0) is 25.8. The molecule has 0 atom stereocenters. The van der Waals surface area contributed by atoms with Crippen LogP contribution in [-0.2, 0) is 11.3 Å². The fourth-order valence-electron chi connectivity index (χ4n) is 5.18. The van der Waals surface area contributed by atoms with Crippen molar-refractivity contribution in [2.75, 3.05) is 18.1 Å². The van der Waals surface area contributed by atoms with E-state index >= 15 is 0 Å². The van der Waals surface area contributed by atoms with Crippen molar-refractivity contribution in [1.82, 2.24) is 9.72 Å². The molecular formula is C28H23FN4O4. The van der Waals surface area contributed by atoms with E-state index in [0.29, 0.717) is 47.8 Å². The molecule has 2 N–H and O–H groups in total. The topological polar surface area (TPSA) is 104 Å². The van der Waals surface area contributed by atoms with Crippen molar-refractivity contribution in [3.63, 3.8) is 0 Å². The van der Waals surface area contributed by atoms with E-state index in [0.717, 1.165) is 33.1 Å². The van der Waals surface area contributed by atoms with Crippen molar-refractivity contribution >= 4 is 39.5 Å². The Morgan fingerprint density at radius 1 is 1.08 bits per heavy atom. The first-order chi connectivity index (χ1) is 17.8. The van der Waals surface area contributed by atoms with Crippen molar-refractivity contribution in [2.24, 2.45) is 5.73 Å². The second-order valence-corrected chi connectivity index (χ2v) is 9.16. The van der Waals surface area contributed by atoms with Gasteiger partial charge in [0, 0.05) is 39.6 Å².